The maximum atomic E-state index is 8.09. The Bertz CT molecular complexity index is 671. The van der Waals surface area contributed by atoms with Crippen molar-refractivity contribution in [2.24, 2.45) is 0 Å². The monoisotopic (exact) mass is 270 g/mol. The topological polar surface area (TPSA) is 71.0 Å². The Labute approximate surface area is 117 Å². The summed E-state index contributed by atoms with van der Waals surface area (Å²) in [4.78, 5) is 4.10. The minimum absolute atomic E-state index is 0.568. The summed E-state index contributed by atoms with van der Waals surface area (Å²) in [6.07, 6.45) is 3.71. The molecule has 0 atom stereocenters. The molecule has 0 amide bonds. The molecule has 0 saturated carbocycles. The number of aromatic amines is 1. The first-order valence-corrected chi connectivity index (χ1v) is 6.51. The van der Waals surface area contributed by atoms with E-state index in [0.717, 1.165) is 35.4 Å². The van der Waals surface area contributed by atoms with Crippen molar-refractivity contribution in [3.8, 4) is 0 Å². The summed E-state index contributed by atoms with van der Waals surface area (Å²) in [7, 11) is 3.98. The Balaban J connectivity index is 1.79. The van der Waals surface area contributed by atoms with Gasteiger partial charge in [-0.3, -0.25) is 15.4 Å². The Morgan fingerprint density at radius 2 is 2.25 bits per heavy atom. The van der Waals surface area contributed by atoms with Gasteiger partial charge in [-0.1, -0.05) is 0 Å². The first-order valence-electron chi connectivity index (χ1n) is 6.51. The highest BCUT2D eigenvalue weighted by molar-refractivity contribution is 5.97. The molecular weight excluding hydrogens is 252 g/mol. The number of anilines is 1. The second kappa shape index (κ2) is 4.97. The summed E-state index contributed by atoms with van der Waals surface area (Å²) < 4.78 is 0. The van der Waals surface area contributed by atoms with Gasteiger partial charge in [0.2, 0.25) is 0 Å². The third kappa shape index (κ3) is 2.37. The van der Waals surface area contributed by atoms with Crippen molar-refractivity contribution in [3.05, 3.63) is 36.2 Å². The molecule has 1 aromatic heterocycles. The van der Waals surface area contributed by atoms with Crippen LogP contribution in [0, 0.1) is 5.41 Å². The Hall–Kier alpha value is -2.34. The Kier molecular flexibility index (Phi) is 3.15. The molecule has 20 heavy (non-hydrogen) atoms. The highest BCUT2D eigenvalue weighted by atomic mass is 15.3. The fourth-order valence-electron chi connectivity index (χ4n) is 2.40. The fraction of sp³-hybridized carbons (Fsp3) is 0.286. The minimum Gasteiger partial charge on any atom is -0.361 e. The lowest BCUT2D eigenvalue weighted by Gasteiger charge is -2.34. The van der Waals surface area contributed by atoms with Crippen LogP contribution in [0.25, 0.3) is 10.9 Å². The lowest BCUT2D eigenvalue weighted by atomic mass is 10.2. The van der Waals surface area contributed by atoms with Gasteiger partial charge in [0.25, 0.3) is 0 Å². The van der Waals surface area contributed by atoms with E-state index in [1.807, 2.05) is 43.4 Å². The van der Waals surface area contributed by atoms with Crippen molar-refractivity contribution < 1.29 is 0 Å². The molecule has 1 aromatic carbocycles. The number of nitrogens with one attached hydrogen (secondary N) is 3. The molecule has 0 bridgehead atoms. The van der Waals surface area contributed by atoms with E-state index in [1.165, 1.54) is 0 Å². The molecule has 3 rings (SSSR count). The van der Waals surface area contributed by atoms with Crippen LogP contribution in [0.5, 0.6) is 0 Å². The molecule has 1 saturated heterocycles. The highest BCUT2D eigenvalue weighted by Gasteiger charge is 2.19. The van der Waals surface area contributed by atoms with Crippen molar-refractivity contribution in [1.29, 1.82) is 5.41 Å². The van der Waals surface area contributed by atoms with Gasteiger partial charge in [0.1, 0.15) is 5.84 Å². The predicted molar refractivity (Wildman–Crippen MR) is 80.8 cm³/mol. The molecule has 0 unspecified atom stereocenters. The first-order chi connectivity index (χ1) is 9.63. The standard InChI is InChI=1S/C14H18N6/c1-19-8-11(14(15)20(2)9-19)6-16-12-4-3-10-7-17-18-13(10)5-12/h3-7,15-16H,8-9H2,1-2H3,(H,17,18). The van der Waals surface area contributed by atoms with Crippen LogP contribution in [-0.2, 0) is 0 Å². The largest absolute Gasteiger partial charge is 0.361 e. The first kappa shape index (κ1) is 12.7. The lowest BCUT2D eigenvalue weighted by Crippen LogP contribution is -2.45. The van der Waals surface area contributed by atoms with Crippen molar-refractivity contribution >= 4 is 22.4 Å². The number of aromatic nitrogens is 2. The molecule has 2 heterocycles. The van der Waals surface area contributed by atoms with E-state index in [9.17, 15) is 0 Å². The van der Waals surface area contributed by atoms with Gasteiger partial charge < -0.3 is 10.2 Å². The zero-order chi connectivity index (χ0) is 14.1. The number of hydrogen-bond donors (Lipinski definition) is 3. The normalized spacial score (nSPS) is 19.0. The average Bonchev–Trinajstić information content (AvgIpc) is 2.88. The maximum Gasteiger partial charge on any atom is 0.127 e. The van der Waals surface area contributed by atoms with Crippen LogP contribution in [0.15, 0.2) is 36.2 Å². The molecule has 0 spiro atoms. The molecular formula is C14H18N6. The van der Waals surface area contributed by atoms with E-state index in [2.05, 4.69) is 20.4 Å². The minimum atomic E-state index is 0.568. The molecule has 6 heteroatoms. The van der Waals surface area contributed by atoms with E-state index in [4.69, 9.17) is 5.41 Å². The summed E-state index contributed by atoms with van der Waals surface area (Å²) >= 11 is 0. The number of amidine groups is 1. The van der Waals surface area contributed by atoms with Crippen LogP contribution in [0.2, 0.25) is 0 Å². The second-order valence-electron chi connectivity index (χ2n) is 5.19. The highest BCUT2D eigenvalue weighted by Crippen LogP contribution is 2.17. The van der Waals surface area contributed by atoms with Gasteiger partial charge in [-0.2, -0.15) is 5.10 Å². The van der Waals surface area contributed by atoms with Crippen molar-refractivity contribution in [2.45, 2.75) is 0 Å². The van der Waals surface area contributed by atoms with Gasteiger partial charge in [0.05, 0.1) is 18.4 Å². The van der Waals surface area contributed by atoms with E-state index in [0.29, 0.717) is 5.84 Å². The molecule has 104 valence electrons. The van der Waals surface area contributed by atoms with E-state index in [1.54, 1.807) is 6.20 Å². The summed E-state index contributed by atoms with van der Waals surface area (Å²) in [5, 5.41) is 19.4. The summed E-state index contributed by atoms with van der Waals surface area (Å²) in [5.41, 5.74) is 2.96. The number of rotatable bonds is 2. The molecule has 6 nitrogen and oxygen atoms in total. The van der Waals surface area contributed by atoms with E-state index >= 15 is 0 Å². The number of likely N-dealkylation sites (N-methyl/N-ethyl adjacent to an activating group) is 2. The maximum absolute atomic E-state index is 8.09. The van der Waals surface area contributed by atoms with Gasteiger partial charge in [0.15, 0.2) is 0 Å². The van der Waals surface area contributed by atoms with E-state index in [-0.39, 0.29) is 0 Å². The number of nitrogens with zero attached hydrogens (tertiary/aromatic N) is 3. The van der Waals surface area contributed by atoms with Crippen molar-refractivity contribution in [3.63, 3.8) is 0 Å². The van der Waals surface area contributed by atoms with Gasteiger partial charge in [-0.15, -0.1) is 0 Å². The molecule has 1 fully saturated rings. The predicted octanol–water partition coefficient (Wildman–Crippen LogP) is 1.67. The van der Waals surface area contributed by atoms with Gasteiger partial charge in [0, 0.05) is 36.4 Å². The molecule has 0 aliphatic carbocycles. The second-order valence-corrected chi connectivity index (χ2v) is 5.19. The summed E-state index contributed by atoms with van der Waals surface area (Å²) in [6, 6.07) is 6.04. The van der Waals surface area contributed by atoms with Crippen LogP contribution < -0.4 is 5.32 Å². The van der Waals surface area contributed by atoms with Crippen LogP contribution in [0.4, 0.5) is 5.69 Å². The quantitative estimate of drug-likeness (QED) is 0.776. The average molecular weight is 270 g/mol. The molecule has 3 N–H and O–H groups in total. The van der Waals surface area contributed by atoms with E-state index < -0.39 is 0 Å². The third-order valence-electron chi connectivity index (χ3n) is 3.43. The van der Waals surface area contributed by atoms with Crippen LogP contribution >= 0.6 is 0 Å². The number of H-pyrrole nitrogens is 1. The fourth-order valence-corrected chi connectivity index (χ4v) is 2.40. The Morgan fingerprint density at radius 3 is 3.10 bits per heavy atom. The Morgan fingerprint density at radius 1 is 1.40 bits per heavy atom. The van der Waals surface area contributed by atoms with Crippen LogP contribution in [-0.4, -0.2) is 53.1 Å². The van der Waals surface area contributed by atoms with Crippen molar-refractivity contribution in [1.82, 2.24) is 20.0 Å². The lowest BCUT2D eigenvalue weighted by molar-refractivity contribution is 0.242. The summed E-state index contributed by atoms with van der Waals surface area (Å²) in [6.45, 7) is 1.57. The molecule has 1 aliphatic rings. The smallest absolute Gasteiger partial charge is 0.127 e. The van der Waals surface area contributed by atoms with Gasteiger partial charge in [-0.05, 0) is 25.2 Å². The van der Waals surface area contributed by atoms with Crippen LogP contribution in [0.3, 0.4) is 0 Å². The van der Waals surface area contributed by atoms with Crippen molar-refractivity contribution in [2.75, 3.05) is 32.6 Å². The van der Waals surface area contributed by atoms with Gasteiger partial charge >= 0.3 is 0 Å². The number of fused-ring (bicyclic) bond motifs is 1. The third-order valence-corrected chi connectivity index (χ3v) is 3.43. The van der Waals surface area contributed by atoms with Crippen LogP contribution in [0.1, 0.15) is 0 Å². The summed E-state index contributed by atoms with van der Waals surface area (Å²) in [5.74, 6) is 0.568. The zero-order valence-corrected chi connectivity index (χ0v) is 11.6. The zero-order valence-electron chi connectivity index (χ0n) is 11.6. The van der Waals surface area contributed by atoms with Gasteiger partial charge in [-0.25, -0.2) is 0 Å². The SMILES string of the molecule is CN1CC(=CNc2ccc3cn[nH]c3c2)C(=N)N(C)C1. The molecule has 1 aliphatic heterocycles. The molecule has 2 aromatic rings. The number of benzene rings is 1. The number of hydrogen-bond acceptors (Lipinski definition) is 4. The molecule has 0 radical (unpaired) electrons.